The zero-order valence-corrected chi connectivity index (χ0v) is 16.7. The van der Waals surface area contributed by atoms with E-state index in [1.165, 1.54) is 32.1 Å². The number of phenolic OH excluding ortho intramolecular Hbond substituents is 1. The second-order valence-electron chi connectivity index (χ2n) is 7.30. The van der Waals surface area contributed by atoms with Crippen molar-refractivity contribution in [2.45, 2.75) is 38.1 Å². The average molecular weight is 407 g/mol. The Labute approximate surface area is 172 Å². The molecule has 0 unspecified atom stereocenters. The number of benzene rings is 1. The highest BCUT2D eigenvalue weighted by Crippen LogP contribution is 2.31. The normalized spacial score (nSPS) is 14.9. The number of anilines is 3. The molecule has 8 heteroatoms. The number of hydrogen-bond donors (Lipinski definition) is 3. The van der Waals surface area contributed by atoms with Crippen LogP contribution in [0.4, 0.5) is 17.5 Å². The first-order chi connectivity index (χ1) is 14.3. The molecule has 3 N–H and O–H groups in total. The maximum Gasteiger partial charge on any atom is 0.229 e. The molecule has 29 heavy (non-hydrogen) atoms. The van der Waals surface area contributed by atoms with Gasteiger partial charge in [-0.05, 0) is 36.4 Å². The lowest BCUT2D eigenvalue weighted by atomic mass is 9.95. The highest BCUT2D eigenvalue weighted by Gasteiger charge is 2.17. The van der Waals surface area contributed by atoms with Crippen LogP contribution in [-0.4, -0.2) is 30.9 Å². The number of aromatic nitrogens is 4. The smallest absolute Gasteiger partial charge is 0.229 e. The van der Waals surface area contributed by atoms with Crippen LogP contribution in [0.5, 0.6) is 5.75 Å². The summed E-state index contributed by atoms with van der Waals surface area (Å²) in [6.07, 6.45) is 9.75. The number of hydrogen-bond acceptors (Lipinski definition) is 7. The van der Waals surface area contributed by atoms with Crippen molar-refractivity contribution in [3.8, 4) is 11.4 Å². The predicted octanol–water partition coefficient (Wildman–Crippen LogP) is 5.07. The van der Waals surface area contributed by atoms with Gasteiger partial charge in [0.15, 0.2) is 0 Å². The van der Waals surface area contributed by atoms with Gasteiger partial charge in [0.2, 0.25) is 5.95 Å². The summed E-state index contributed by atoms with van der Waals surface area (Å²) < 4.78 is 2.72. The molecule has 7 nitrogen and oxygen atoms in total. The van der Waals surface area contributed by atoms with Crippen molar-refractivity contribution < 1.29 is 5.11 Å². The van der Waals surface area contributed by atoms with Gasteiger partial charge in [-0.2, -0.15) is 10.1 Å². The Morgan fingerprint density at radius 1 is 1.07 bits per heavy atom. The molecule has 0 spiro atoms. The van der Waals surface area contributed by atoms with E-state index >= 15 is 0 Å². The van der Waals surface area contributed by atoms with Crippen molar-refractivity contribution in [2.24, 2.45) is 0 Å². The second-order valence-corrected chi connectivity index (χ2v) is 8.21. The molecule has 0 saturated heterocycles. The molecule has 1 aliphatic rings. The van der Waals surface area contributed by atoms with Crippen molar-refractivity contribution in [3.63, 3.8) is 0 Å². The molecule has 4 aromatic rings. The molecule has 0 bridgehead atoms. The van der Waals surface area contributed by atoms with Gasteiger partial charge >= 0.3 is 0 Å². The van der Waals surface area contributed by atoms with E-state index in [2.05, 4.69) is 20.7 Å². The van der Waals surface area contributed by atoms with E-state index in [4.69, 9.17) is 4.98 Å². The lowest BCUT2D eigenvalue weighted by Crippen LogP contribution is -2.23. The van der Waals surface area contributed by atoms with Crippen LogP contribution in [-0.2, 0) is 0 Å². The van der Waals surface area contributed by atoms with E-state index in [0.29, 0.717) is 17.7 Å². The van der Waals surface area contributed by atoms with Gasteiger partial charge in [0.1, 0.15) is 17.3 Å². The molecular formula is C21H22N6OS. The molecule has 1 aromatic carbocycles. The Kier molecular flexibility index (Phi) is 4.77. The molecule has 0 atom stereocenters. The van der Waals surface area contributed by atoms with Crippen LogP contribution in [0.2, 0.25) is 0 Å². The van der Waals surface area contributed by atoms with Crippen LogP contribution in [0.1, 0.15) is 32.1 Å². The average Bonchev–Trinajstić information content (AvgIpc) is 3.39. The number of nitrogens with one attached hydrogen (secondary N) is 2. The van der Waals surface area contributed by atoms with E-state index in [-0.39, 0.29) is 5.75 Å². The van der Waals surface area contributed by atoms with Crippen LogP contribution in [0.15, 0.2) is 48.1 Å². The Morgan fingerprint density at radius 3 is 2.79 bits per heavy atom. The van der Waals surface area contributed by atoms with Gasteiger partial charge in [-0.1, -0.05) is 31.4 Å². The highest BCUT2D eigenvalue weighted by atomic mass is 32.1. The summed E-state index contributed by atoms with van der Waals surface area (Å²) in [4.78, 5) is 9.40. The molecule has 0 aliphatic heterocycles. The molecular weight excluding hydrogens is 384 g/mol. The molecule has 5 rings (SSSR count). The minimum absolute atomic E-state index is 0.178. The lowest BCUT2D eigenvalue weighted by molar-refractivity contribution is 0.462. The Hall–Kier alpha value is -3.13. The minimum Gasteiger partial charge on any atom is -0.506 e. The van der Waals surface area contributed by atoms with Gasteiger partial charge in [0.25, 0.3) is 0 Å². The number of para-hydroxylation sites is 2. The van der Waals surface area contributed by atoms with Gasteiger partial charge in [0, 0.05) is 6.04 Å². The van der Waals surface area contributed by atoms with Crippen LogP contribution < -0.4 is 10.6 Å². The maximum absolute atomic E-state index is 10.0. The fraction of sp³-hybridized carbons (Fsp3) is 0.286. The number of fused-ring (bicyclic) bond motifs is 1. The molecule has 1 fully saturated rings. The molecule has 0 radical (unpaired) electrons. The summed E-state index contributed by atoms with van der Waals surface area (Å²) in [5.41, 5.74) is 2.31. The van der Waals surface area contributed by atoms with Crippen molar-refractivity contribution in [2.75, 3.05) is 10.6 Å². The zero-order chi connectivity index (χ0) is 19.6. The highest BCUT2D eigenvalue weighted by molar-refractivity contribution is 7.17. The third-order valence-corrected chi connectivity index (χ3v) is 6.13. The minimum atomic E-state index is 0.178. The summed E-state index contributed by atoms with van der Waals surface area (Å²) in [7, 11) is 0. The summed E-state index contributed by atoms with van der Waals surface area (Å²) in [6.45, 7) is 0. The standard InChI is InChI=1S/C21H22N6OS/c28-18-9-5-4-8-17(18)27-13-15(12-22-27)24-21-25-16-10-11-29-19(16)20(26-21)23-14-6-2-1-3-7-14/h4-5,8-14,28H,1-3,6-7H2,(H2,23,24,25,26). The first-order valence-corrected chi connectivity index (χ1v) is 10.8. The molecule has 148 valence electrons. The monoisotopic (exact) mass is 406 g/mol. The number of aromatic hydroxyl groups is 1. The summed E-state index contributed by atoms with van der Waals surface area (Å²) in [5.74, 6) is 1.61. The predicted molar refractivity (Wildman–Crippen MR) is 116 cm³/mol. The van der Waals surface area contributed by atoms with E-state index in [9.17, 15) is 5.11 Å². The van der Waals surface area contributed by atoms with Crippen molar-refractivity contribution in [1.82, 2.24) is 19.7 Å². The Balaban J connectivity index is 1.41. The SMILES string of the molecule is Oc1ccccc1-n1cc(Nc2nc(NC3CCCCC3)c3sccc3n2)cn1. The second kappa shape index (κ2) is 7.71. The molecule has 0 amide bonds. The van der Waals surface area contributed by atoms with Crippen molar-refractivity contribution >= 4 is 39.0 Å². The largest absolute Gasteiger partial charge is 0.506 e. The van der Waals surface area contributed by atoms with Crippen LogP contribution in [0, 0.1) is 0 Å². The van der Waals surface area contributed by atoms with Gasteiger partial charge in [-0.3, -0.25) is 0 Å². The number of thiophene rings is 1. The van der Waals surface area contributed by atoms with Crippen LogP contribution >= 0.6 is 11.3 Å². The number of nitrogens with zero attached hydrogens (tertiary/aromatic N) is 4. The maximum atomic E-state index is 10.0. The third kappa shape index (κ3) is 3.75. The van der Waals surface area contributed by atoms with Gasteiger partial charge in [0.05, 0.1) is 28.3 Å². The molecule has 3 heterocycles. The van der Waals surface area contributed by atoms with Gasteiger partial charge < -0.3 is 15.7 Å². The Bertz CT molecular complexity index is 1130. The third-order valence-electron chi connectivity index (χ3n) is 5.22. The lowest BCUT2D eigenvalue weighted by Gasteiger charge is -2.23. The van der Waals surface area contributed by atoms with Crippen molar-refractivity contribution in [3.05, 3.63) is 48.1 Å². The summed E-state index contributed by atoms with van der Waals surface area (Å²) in [6, 6.07) is 9.59. The number of phenols is 1. The van der Waals surface area contributed by atoms with E-state index in [0.717, 1.165) is 21.7 Å². The molecule has 1 saturated carbocycles. The van der Waals surface area contributed by atoms with Gasteiger partial charge in [-0.15, -0.1) is 11.3 Å². The quantitative estimate of drug-likeness (QED) is 0.429. The summed E-state index contributed by atoms with van der Waals surface area (Å²) >= 11 is 1.66. The summed E-state index contributed by atoms with van der Waals surface area (Å²) in [5, 5.41) is 23.3. The van der Waals surface area contributed by atoms with E-state index in [1.807, 2.05) is 29.8 Å². The van der Waals surface area contributed by atoms with Crippen LogP contribution in [0.3, 0.4) is 0 Å². The molecule has 1 aliphatic carbocycles. The first kappa shape index (κ1) is 17.9. The topological polar surface area (TPSA) is 87.9 Å². The number of rotatable bonds is 5. The van der Waals surface area contributed by atoms with Crippen LogP contribution in [0.25, 0.3) is 15.9 Å². The van der Waals surface area contributed by atoms with Crippen molar-refractivity contribution in [1.29, 1.82) is 0 Å². The fourth-order valence-electron chi connectivity index (χ4n) is 3.76. The van der Waals surface area contributed by atoms with E-state index in [1.54, 1.807) is 34.3 Å². The van der Waals surface area contributed by atoms with Gasteiger partial charge in [-0.25, -0.2) is 9.67 Å². The zero-order valence-electron chi connectivity index (χ0n) is 15.9. The fourth-order valence-corrected chi connectivity index (χ4v) is 4.55. The first-order valence-electron chi connectivity index (χ1n) is 9.88. The van der Waals surface area contributed by atoms with E-state index < -0.39 is 0 Å². The Morgan fingerprint density at radius 2 is 1.93 bits per heavy atom. The molecule has 3 aromatic heterocycles.